The summed E-state index contributed by atoms with van der Waals surface area (Å²) in [6.45, 7) is -0.142. The van der Waals surface area contributed by atoms with Gasteiger partial charge in [-0.1, -0.05) is 12.2 Å². The molecule has 0 aromatic heterocycles. The number of fused-ring (bicyclic) bond motifs is 2. The molecule has 2 atom stereocenters. The van der Waals surface area contributed by atoms with Crippen molar-refractivity contribution in [3.8, 4) is 0 Å². The average Bonchev–Trinajstić information content (AvgIpc) is 2.46. The molecule has 0 aromatic rings. The molecule has 1 heteroatoms. The fourth-order valence-electron chi connectivity index (χ4n) is 2.35. The van der Waals surface area contributed by atoms with Gasteiger partial charge in [0, 0.05) is 0 Å². The van der Waals surface area contributed by atoms with Crippen LogP contribution in [0.15, 0.2) is 12.2 Å². The third-order valence-electron chi connectivity index (χ3n) is 3.00. The van der Waals surface area contributed by atoms with Crippen LogP contribution in [0.3, 0.4) is 0 Å². The zero-order valence-electron chi connectivity index (χ0n) is 6.15. The minimum Gasteiger partial charge on any atom is -0.251 e. The highest BCUT2D eigenvalue weighted by atomic mass is 19.1. The quantitative estimate of drug-likeness (QED) is 0.517. The number of hydrogen-bond donors (Lipinski definition) is 0. The van der Waals surface area contributed by atoms with Crippen LogP contribution in [0, 0.1) is 11.3 Å². The minimum atomic E-state index is -0.142. The van der Waals surface area contributed by atoms with E-state index in [0.717, 1.165) is 12.3 Å². The molecule has 0 heterocycles. The highest BCUT2D eigenvalue weighted by Crippen LogP contribution is 2.51. The lowest BCUT2D eigenvalue weighted by Crippen LogP contribution is -2.11. The Labute approximate surface area is 61.1 Å². The first kappa shape index (κ1) is 6.38. The maximum Gasteiger partial charge on any atom is 0.0902 e. The van der Waals surface area contributed by atoms with E-state index in [2.05, 4.69) is 12.2 Å². The molecule has 0 aliphatic heterocycles. The van der Waals surface area contributed by atoms with E-state index < -0.39 is 0 Å². The standard InChI is InChI=1S/C9H13F/c10-6-5-9-3-1-8(7-9)2-4-9/h1,3,8H,2,4-7H2. The molecule has 0 N–H and O–H groups in total. The summed E-state index contributed by atoms with van der Waals surface area (Å²) >= 11 is 0. The van der Waals surface area contributed by atoms with Crippen LogP contribution >= 0.6 is 0 Å². The second-order valence-electron chi connectivity index (χ2n) is 3.66. The van der Waals surface area contributed by atoms with Gasteiger partial charge < -0.3 is 0 Å². The number of hydrogen-bond acceptors (Lipinski definition) is 0. The molecule has 0 amide bonds. The van der Waals surface area contributed by atoms with E-state index in [1.807, 2.05) is 0 Å². The Bertz CT molecular complexity index is 162. The fourth-order valence-corrected chi connectivity index (χ4v) is 2.35. The smallest absolute Gasteiger partial charge is 0.0902 e. The Morgan fingerprint density at radius 1 is 1.60 bits per heavy atom. The van der Waals surface area contributed by atoms with E-state index in [1.165, 1.54) is 19.3 Å². The van der Waals surface area contributed by atoms with Crippen molar-refractivity contribution >= 4 is 0 Å². The van der Waals surface area contributed by atoms with E-state index >= 15 is 0 Å². The summed E-state index contributed by atoms with van der Waals surface area (Å²) in [4.78, 5) is 0. The van der Waals surface area contributed by atoms with Crippen molar-refractivity contribution in [3.05, 3.63) is 12.2 Å². The zero-order valence-corrected chi connectivity index (χ0v) is 6.15. The Balaban J connectivity index is 2.09. The number of halogens is 1. The topological polar surface area (TPSA) is 0 Å². The summed E-state index contributed by atoms with van der Waals surface area (Å²) in [6, 6.07) is 0. The van der Waals surface area contributed by atoms with Gasteiger partial charge in [-0.25, -0.2) is 0 Å². The number of alkyl halides is 1. The first-order chi connectivity index (χ1) is 4.85. The molecule has 2 bridgehead atoms. The molecule has 0 aromatic carbocycles. The first-order valence-electron chi connectivity index (χ1n) is 4.10. The molecule has 56 valence electrons. The van der Waals surface area contributed by atoms with Gasteiger partial charge in [-0.15, -0.1) is 0 Å². The highest BCUT2D eigenvalue weighted by Gasteiger charge is 2.39. The average molecular weight is 140 g/mol. The van der Waals surface area contributed by atoms with Crippen LogP contribution < -0.4 is 0 Å². The van der Waals surface area contributed by atoms with Crippen LogP contribution in [0.2, 0.25) is 0 Å². The molecule has 0 saturated heterocycles. The van der Waals surface area contributed by atoms with Crippen LogP contribution in [-0.4, -0.2) is 6.67 Å². The van der Waals surface area contributed by atoms with Crippen LogP contribution in [0.4, 0.5) is 4.39 Å². The second kappa shape index (κ2) is 2.08. The van der Waals surface area contributed by atoms with Crippen molar-refractivity contribution < 1.29 is 4.39 Å². The molecule has 2 unspecified atom stereocenters. The summed E-state index contributed by atoms with van der Waals surface area (Å²) in [5.74, 6) is 0.798. The largest absolute Gasteiger partial charge is 0.251 e. The molecular weight excluding hydrogens is 127 g/mol. The number of rotatable bonds is 2. The third kappa shape index (κ3) is 0.799. The van der Waals surface area contributed by atoms with E-state index in [4.69, 9.17) is 0 Å². The predicted molar refractivity (Wildman–Crippen MR) is 39.5 cm³/mol. The lowest BCUT2D eigenvalue weighted by molar-refractivity contribution is 0.313. The van der Waals surface area contributed by atoms with Crippen molar-refractivity contribution in [2.24, 2.45) is 11.3 Å². The second-order valence-corrected chi connectivity index (χ2v) is 3.66. The first-order valence-corrected chi connectivity index (χ1v) is 4.10. The van der Waals surface area contributed by atoms with Gasteiger partial charge in [0.2, 0.25) is 0 Å². The van der Waals surface area contributed by atoms with E-state index in [-0.39, 0.29) is 6.67 Å². The Morgan fingerprint density at radius 3 is 2.90 bits per heavy atom. The van der Waals surface area contributed by atoms with Gasteiger partial charge >= 0.3 is 0 Å². The molecule has 2 aliphatic carbocycles. The van der Waals surface area contributed by atoms with Gasteiger partial charge in [-0.3, -0.25) is 4.39 Å². The molecule has 0 nitrogen and oxygen atoms in total. The van der Waals surface area contributed by atoms with Gasteiger partial charge in [-0.2, -0.15) is 0 Å². The van der Waals surface area contributed by atoms with Crippen molar-refractivity contribution in [3.63, 3.8) is 0 Å². The SMILES string of the molecule is FCCC12C=CC(CC1)C2. The van der Waals surface area contributed by atoms with Gasteiger partial charge in [0.05, 0.1) is 6.67 Å². The fraction of sp³-hybridized carbons (Fsp3) is 0.778. The summed E-state index contributed by atoms with van der Waals surface area (Å²) in [6.07, 6.45) is 9.06. The summed E-state index contributed by atoms with van der Waals surface area (Å²) < 4.78 is 12.1. The summed E-state index contributed by atoms with van der Waals surface area (Å²) in [7, 11) is 0. The van der Waals surface area contributed by atoms with Gasteiger partial charge in [0.25, 0.3) is 0 Å². The van der Waals surface area contributed by atoms with Crippen LogP contribution in [0.5, 0.6) is 0 Å². The maximum absolute atomic E-state index is 12.1. The highest BCUT2D eigenvalue weighted by molar-refractivity contribution is 5.15. The predicted octanol–water partition coefficient (Wildman–Crippen LogP) is 2.70. The van der Waals surface area contributed by atoms with Crippen molar-refractivity contribution in [1.82, 2.24) is 0 Å². The molecule has 2 aliphatic rings. The molecule has 10 heavy (non-hydrogen) atoms. The minimum absolute atomic E-state index is 0.142. The molecular formula is C9H13F. The molecule has 0 spiro atoms. The maximum atomic E-state index is 12.1. The van der Waals surface area contributed by atoms with Gasteiger partial charge in [-0.05, 0) is 37.0 Å². The van der Waals surface area contributed by atoms with Crippen LogP contribution in [0.1, 0.15) is 25.7 Å². The van der Waals surface area contributed by atoms with Crippen LogP contribution in [0.25, 0.3) is 0 Å². The van der Waals surface area contributed by atoms with E-state index in [0.29, 0.717) is 5.41 Å². The third-order valence-corrected chi connectivity index (χ3v) is 3.00. The van der Waals surface area contributed by atoms with E-state index in [1.54, 1.807) is 0 Å². The van der Waals surface area contributed by atoms with Gasteiger partial charge in [0.1, 0.15) is 0 Å². The normalized spacial score (nSPS) is 43.1. The molecule has 1 fully saturated rings. The Hall–Kier alpha value is -0.330. The zero-order chi connectivity index (χ0) is 7.03. The monoisotopic (exact) mass is 140 g/mol. The van der Waals surface area contributed by atoms with Crippen molar-refractivity contribution in [2.75, 3.05) is 6.67 Å². The summed E-state index contributed by atoms with van der Waals surface area (Å²) in [5, 5.41) is 0. The van der Waals surface area contributed by atoms with Gasteiger partial charge in [0.15, 0.2) is 0 Å². The Morgan fingerprint density at radius 2 is 2.50 bits per heavy atom. The van der Waals surface area contributed by atoms with Crippen molar-refractivity contribution in [1.29, 1.82) is 0 Å². The number of allylic oxidation sites excluding steroid dienone is 2. The molecule has 0 radical (unpaired) electrons. The molecule has 1 saturated carbocycles. The molecule has 2 rings (SSSR count). The van der Waals surface area contributed by atoms with Crippen LogP contribution in [-0.2, 0) is 0 Å². The van der Waals surface area contributed by atoms with Crippen molar-refractivity contribution in [2.45, 2.75) is 25.7 Å². The van der Waals surface area contributed by atoms with E-state index in [9.17, 15) is 4.39 Å². The lowest BCUT2D eigenvalue weighted by Gasteiger charge is -2.20. The summed E-state index contributed by atoms with van der Waals surface area (Å²) in [5.41, 5.74) is 0.305. The Kier molecular flexibility index (Phi) is 1.33. The lowest BCUT2D eigenvalue weighted by atomic mass is 9.85.